The maximum Gasteiger partial charge on any atom is 0.328 e. The molecule has 0 spiro atoms. The van der Waals surface area contributed by atoms with E-state index in [9.17, 15) is 28.8 Å². The number of benzene rings is 2. The topological polar surface area (TPSA) is 192 Å². The molecule has 46 heavy (non-hydrogen) atoms. The highest BCUT2D eigenvalue weighted by molar-refractivity contribution is 6.32. The largest absolute Gasteiger partial charge is 0.478 e. The Morgan fingerprint density at radius 3 is 1.41 bits per heavy atom. The van der Waals surface area contributed by atoms with Gasteiger partial charge in [-0.05, 0) is 12.1 Å². The van der Waals surface area contributed by atoms with E-state index in [0.29, 0.717) is 63.0 Å². The Labute approximate surface area is 264 Å². The molecule has 2 aromatic rings. The highest BCUT2D eigenvalue weighted by Gasteiger charge is 2.34. The molecule has 2 heterocycles. The van der Waals surface area contributed by atoms with Crippen molar-refractivity contribution in [2.75, 3.05) is 76.3 Å². The van der Waals surface area contributed by atoms with Crippen molar-refractivity contribution < 1.29 is 48.5 Å². The molecule has 14 nitrogen and oxygen atoms in total. The third-order valence-electron chi connectivity index (χ3n) is 7.51. The molecule has 2 saturated heterocycles. The average molecular weight is 637 g/mol. The fourth-order valence-electron chi connectivity index (χ4n) is 5.19. The standard InChI is InChI=1S/C28H32N4O6.C4H4O4/c33-23(7-9-31-11-15-37-16-12-31)29-21-5-1-3-19-25(21)28(36)26-20(27(19)35)4-2-6-22(26)30-24(34)8-10-32-13-17-38-18-14-32;5-3(6)1-2-4(7)8/h1-6H,7-18H2,(H,29,33)(H,30,34);1-2H,(H,5,6)(H,7,8)/b;2-1-. The number of hydrogen-bond acceptors (Lipinski definition) is 10. The van der Waals surface area contributed by atoms with Crippen molar-refractivity contribution in [3.05, 3.63) is 70.8 Å². The van der Waals surface area contributed by atoms with Gasteiger partial charge in [-0.1, -0.05) is 24.3 Å². The lowest BCUT2D eigenvalue weighted by Crippen LogP contribution is -2.38. The van der Waals surface area contributed by atoms with Crippen LogP contribution in [0.15, 0.2) is 48.6 Å². The van der Waals surface area contributed by atoms with E-state index in [1.165, 1.54) is 0 Å². The zero-order valence-corrected chi connectivity index (χ0v) is 25.2. The zero-order valence-electron chi connectivity index (χ0n) is 25.2. The Hall–Kier alpha value is -4.76. The lowest BCUT2D eigenvalue weighted by atomic mass is 9.82. The molecule has 4 N–H and O–H groups in total. The summed E-state index contributed by atoms with van der Waals surface area (Å²) in [7, 11) is 0. The summed E-state index contributed by atoms with van der Waals surface area (Å²) < 4.78 is 10.7. The predicted molar refractivity (Wildman–Crippen MR) is 165 cm³/mol. The Morgan fingerprint density at radius 1 is 0.652 bits per heavy atom. The van der Waals surface area contributed by atoms with Crippen molar-refractivity contribution >= 4 is 46.7 Å². The van der Waals surface area contributed by atoms with Crippen molar-refractivity contribution in [1.29, 1.82) is 0 Å². The molecule has 0 saturated carbocycles. The quantitative estimate of drug-likeness (QED) is 0.235. The number of morpholine rings is 2. The number of nitrogens with one attached hydrogen (secondary N) is 2. The van der Waals surface area contributed by atoms with Gasteiger partial charge in [0.1, 0.15) is 0 Å². The van der Waals surface area contributed by atoms with Crippen LogP contribution in [0.3, 0.4) is 0 Å². The lowest BCUT2D eigenvalue weighted by molar-refractivity contribution is -0.134. The third-order valence-corrected chi connectivity index (χ3v) is 7.51. The normalized spacial score (nSPS) is 16.5. The van der Waals surface area contributed by atoms with Gasteiger partial charge in [0, 0.05) is 75.4 Å². The van der Waals surface area contributed by atoms with E-state index in [0.717, 1.165) is 26.2 Å². The molecule has 0 radical (unpaired) electrons. The number of carboxylic acids is 2. The van der Waals surface area contributed by atoms with E-state index in [1.807, 2.05) is 0 Å². The second kappa shape index (κ2) is 16.5. The van der Waals surface area contributed by atoms with Gasteiger partial charge in [-0.15, -0.1) is 0 Å². The molecule has 3 aliphatic rings. The van der Waals surface area contributed by atoms with Gasteiger partial charge in [-0.25, -0.2) is 9.59 Å². The minimum atomic E-state index is -1.26. The predicted octanol–water partition coefficient (Wildman–Crippen LogP) is 1.50. The number of amides is 2. The molecular weight excluding hydrogens is 600 g/mol. The van der Waals surface area contributed by atoms with Crippen molar-refractivity contribution in [3.63, 3.8) is 0 Å². The van der Waals surface area contributed by atoms with E-state index in [-0.39, 0.29) is 52.7 Å². The second-order valence-electron chi connectivity index (χ2n) is 10.6. The molecule has 0 atom stereocenters. The highest BCUT2D eigenvalue weighted by Crippen LogP contribution is 2.35. The highest BCUT2D eigenvalue weighted by atomic mass is 16.5. The fourth-order valence-corrected chi connectivity index (χ4v) is 5.19. The van der Waals surface area contributed by atoms with Crippen LogP contribution in [-0.4, -0.2) is 121 Å². The van der Waals surface area contributed by atoms with Crippen molar-refractivity contribution in [2.24, 2.45) is 0 Å². The number of anilines is 2. The molecule has 2 fully saturated rings. The second-order valence-corrected chi connectivity index (χ2v) is 10.6. The monoisotopic (exact) mass is 636 g/mol. The first kappa shape index (κ1) is 34.1. The first-order valence-electron chi connectivity index (χ1n) is 14.8. The van der Waals surface area contributed by atoms with E-state index in [2.05, 4.69) is 20.4 Å². The van der Waals surface area contributed by atoms with E-state index in [1.54, 1.807) is 36.4 Å². The number of rotatable bonds is 10. The Morgan fingerprint density at radius 2 is 1.04 bits per heavy atom. The number of ketones is 2. The maximum atomic E-state index is 13.8. The number of carboxylic acid groups (broad SMARTS) is 2. The molecule has 0 unspecified atom stereocenters. The van der Waals surface area contributed by atoms with Crippen LogP contribution in [0.4, 0.5) is 11.4 Å². The summed E-state index contributed by atoms with van der Waals surface area (Å²) in [4.78, 5) is 76.1. The number of carbonyl (C=O) groups is 6. The van der Waals surface area contributed by atoms with Crippen molar-refractivity contribution in [3.8, 4) is 0 Å². The first-order valence-corrected chi connectivity index (χ1v) is 14.8. The summed E-state index contributed by atoms with van der Waals surface area (Å²) >= 11 is 0. The summed E-state index contributed by atoms with van der Waals surface area (Å²) in [6.45, 7) is 6.87. The first-order chi connectivity index (χ1) is 22.1. The van der Waals surface area contributed by atoms with Gasteiger partial charge < -0.3 is 30.3 Å². The molecule has 2 aromatic carbocycles. The van der Waals surface area contributed by atoms with Gasteiger partial charge in [0.05, 0.1) is 48.9 Å². The minimum absolute atomic E-state index is 0.153. The number of ether oxygens (including phenoxy) is 2. The Balaban J connectivity index is 0.000000533. The number of carbonyl (C=O) groups excluding carboxylic acids is 4. The summed E-state index contributed by atoms with van der Waals surface area (Å²) in [5.41, 5.74) is 1.38. The molecular formula is C32H36N4O10. The summed E-state index contributed by atoms with van der Waals surface area (Å²) in [5, 5.41) is 21.3. The number of aliphatic carboxylic acids is 2. The van der Waals surface area contributed by atoms with Crippen LogP contribution >= 0.6 is 0 Å². The molecule has 0 bridgehead atoms. The Bertz CT molecular complexity index is 1400. The summed E-state index contributed by atoms with van der Waals surface area (Å²) in [6.07, 6.45) is 1.63. The van der Waals surface area contributed by atoms with E-state index in [4.69, 9.17) is 19.7 Å². The van der Waals surface area contributed by atoms with E-state index >= 15 is 0 Å². The van der Waals surface area contributed by atoms with Gasteiger partial charge in [-0.3, -0.25) is 29.0 Å². The van der Waals surface area contributed by atoms with Crippen molar-refractivity contribution in [2.45, 2.75) is 12.8 Å². The summed E-state index contributed by atoms with van der Waals surface area (Å²) in [6, 6.07) is 9.76. The van der Waals surface area contributed by atoms with Crippen LogP contribution in [0.1, 0.15) is 44.7 Å². The molecule has 1 aliphatic carbocycles. The molecule has 244 valence electrons. The number of nitrogens with zero attached hydrogens (tertiary/aromatic N) is 2. The van der Waals surface area contributed by atoms with E-state index < -0.39 is 17.7 Å². The SMILES string of the molecule is O=C(CCN1CCOCC1)Nc1cccc2c1C(=O)c1c(NC(=O)CCN3CCOCC3)cccc1C2=O.O=C(O)/C=C\C(=O)O. The number of fused-ring (bicyclic) bond motifs is 2. The molecule has 14 heteroatoms. The molecule has 2 amide bonds. The van der Waals surface area contributed by atoms with Crippen molar-refractivity contribution in [1.82, 2.24) is 9.80 Å². The summed E-state index contributed by atoms with van der Waals surface area (Å²) in [5.74, 6) is -3.70. The lowest BCUT2D eigenvalue weighted by Gasteiger charge is -2.26. The minimum Gasteiger partial charge on any atom is -0.478 e. The molecule has 5 rings (SSSR count). The van der Waals surface area contributed by atoms with Gasteiger partial charge in [0.2, 0.25) is 11.8 Å². The van der Waals surface area contributed by atoms with Crippen LogP contribution in [0.5, 0.6) is 0 Å². The van der Waals surface area contributed by atoms with Gasteiger partial charge >= 0.3 is 11.9 Å². The fraction of sp³-hybridized carbons (Fsp3) is 0.375. The maximum absolute atomic E-state index is 13.8. The smallest absolute Gasteiger partial charge is 0.328 e. The third kappa shape index (κ3) is 9.37. The average Bonchev–Trinajstić information content (AvgIpc) is 3.05. The van der Waals surface area contributed by atoms with Crippen LogP contribution in [0, 0.1) is 0 Å². The van der Waals surface area contributed by atoms with Gasteiger partial charge in [-0.2, -0.15) is 0 Å². The Kier molecular flexibility index (Phi) is 12.3. The van der Waals surface area contributed by atoms with Crippen LogP contribution < -0.4 is 10.6 Å². The van der Waals surface area contributed by atoms with Crippen LogP contribution in [0.2, 0.25) is 0 Å². The number of hydrogen-bond donors (Lipinski definition) is 4. The zero-order chi connectivity index (χ0) is 33.1. The van der Waals surface area contributed by atoms with Crippen LogP contribution in [-0.2, 0) is 28.7 Å². The van der Waals surface area contributed by atoms with Gasteiger partial charge in [0.15, 0.2) is 11.6 Å². The van der Waals surface area contributed by atoms with Gasteiger partial charge in [0.25, 0.3) is 0 Å². The van der Waals surface area contributed by atoms with Crippen LogP contribution in [0.25, 0.3) is 0 Å². The molecule has 2 aliphatic heterocycles. The molecule has 0 aromatic heterocycles.